The van der Waals surface area contributed by atoms with Gasteiger partial charge in [0.05, 0.1) is 6.10 Å². The number of fused-ring (bicyclic) bond motifs is 1. The van der Waals surface area contributed by atoms with E-state index in [1.807, 2.05) is 0 Å². The molecule has 0 unspecified atom stereocenters. The molecule has 2 aliphatic carbocycles. The fraction of sp³-hybridized carbons (Fsp3) is 0.607. The number of hydrogen-bond donors (Lipinski definition) is 1. The molecule has 4 rings (SSSR count). The summed E-state index contributed by atoms with van der Waals surface area (Å²) in [4.78, 5) is 14.5. The summed E-state index contributed by atoms with van der Waals surface area (Å²) >= 11 is 0. The summed E-state index contributed by atoms with van der Waals surface area (Å²) in [6.45, 7) is 4.06. The van der Waals surface area contributed by atoms with Gasteiger partial charge in [0.1, 0.15) is 0 Å². The maximum absolute atomic E-state index is 12.4. The first kappa shape index (κ1) is 22.3. The Labute approximate surface area is 188 Å². The van der Waals surface area contributed by atoms with Crippen molar-refractivity contribution in [2.45, 2.75) is 77.2 Å². The highest BCUT2D eigenvalue weighted by Crippen LogP contribution is 2.48. The summed E-state index contributed by atoms with van der Waals surface area (Å²) in [6.07, 6.45) is 17.2. The van der Waals surface area contributed by atoms with E-state index in [0.29, 0.717) is 24.2 Å². The normalized spacial score (nSPS) is 28.2. The van der Waals surface area contributed by atoms with Crippen LogP contribution in [0.2, 0.25) is 0 Å². The van der Waals surface area contributed by atoms with E-state index in [9.17, 15) is 9.90 Å². The van der Waals surface area contributed by atoms with Gasteiger partial charge in [0.15, 0.2) is 0 Å². The molecule has 3 heteroatoms. The van der Waals surface area contributed by atoms with Crippen LogP contribution in [0.4, 0.5) is 0 Å². The van der Waals surface area contributed by atoms with Gasteiger partial charge >= 0.3 is 0 Å². The molecule has 0 radical (unpaired) electrons. The highest BCUT2D eigenvalue weighted by atomic mass is 16.3. The fourth-order valence-corrected chi connectivity index (χ4v) is 5.93. The molecule has 31 heavy (non-hydrogen) atoms. The highest BCUT2D eigenvalue weighted by molar-refractivity contribution is 5.76. The van der Waals surface area contributed by atoms with Crippen molar-refractivity contribution in [3.63, 3.8) is 0 Å². The number of aryl methyl sites for hydroxylation is 2. The maximum Gasteiger partial charge on any atom is 0.222 e. The minimum atomic E-state index is -0.205. The predicted molar refractivity (Wildman–Crippen MR) is 127 cm³/mol. The van der Waals surface area contributed by atoms with E-state index in [-0.39, 0.29) is 12.0 Å². The Morgan fingerprint density at radius 3 is 2.84 bits per heavy atom. The summed E-state index contributed by atoms with van der Waals surface area (Å²) in [7, 11) is 0. The number of nitrogens with zero attached hydrogens (tertiary/aromatic N) is 1. The molecule has 0 bridgehead atoms. The van der Waals surface area contributed by atoms with Gasteiger partial charge in [0.25, 0.3) is 0 Å². The number of amides is 1. The Morgan fingerprint density at radius 2 is 2.03 bits per heavy atom. The lowest BCUT2D eigenvalue weighted by atomic mass is 9.88. The van der Waals surface area contributed by atoms with Crippen LogP contribution in [0, 0.1) is 24.7 Å². The van der Waals surface area contributed by atoms with Crippen LogP contribution in [0.25, 0.3) is 0 Å². The second-order valence-corrected chi connectivity index (χ2v) is 9.99. The molecular weight excluding hydrogens is 382 g/mol. The van der Waals surface area contributed by atoms with E-state index >= 15 is 0 Å². The molecule has 3 nitrogen and oxygen atoms in total. The van der Waals surface area contributed by atoms with Gasteiger partial charge in [-0.15, -0.1) is 0 Å². The van der Waals surface area contributed by atoms with Crippen LogP contribution in [0.3, 0.4) is 0 Å². The van der Waals surface area contributed by atoms with Crippen molar-refractivity contribution < 1.29 is 9.90 Å². The summed E-state index contributed by atoms with van der Waals surface area (Å²) in [5.74, 6) is 1.71. The zero-order valence-electron chi connectivity index (χ0n) is 19.1. The monoisotopic (exact) mass is 421 g/mol. The average molecular weight is 422 g/mol. The van der Waals surface area contributed by atoms with Crippen molar-refractivity contribution in [2.24, 2.45) is 17.8 Å². The van der Waals surface area contributed by atoms with E-state index in [1.165, 1.54) is 36.0 Å². The number of allylic oxidation sites excluding steroid dienone is 3. The molecule has 1 amide bonds. The fourth-order valence-electron chi connectivity index (χ4n) is 5.93. The number of rotatable bonds is 8. The van der Waals surface area contributed by atoms with E-state index in [4.69, 9.17) is 0 Å². The van der Waals surface area contributed by atoms with Crippen LogP contribution in [0.15, 0.2) is 48.1 Å². The molecule has 168 valence electrons. The van der Waals surface area contributed by atoms with Gasteiger partial charge in [-0.2, -0.15) is 0 Å². The van der Waals surface area contributed by atoms with Crippen molar-refractivity contribution in [2.75, 3.05) is 13.1 Å². The van der Waals surface area contributed by atoms with Gasteiger partial charge in [-0.3, -0.25) is 4.79 Å². The Balaban J connectivity index is 1.21. The molecule has 1 saturated heterocycles. The molecule has 2 fully saturated rings. The van der Waals surface area contributed by atoms with E-state index in [1.54, 1.807) is 0 Å². The second-order valence-electron chi connectivity index (χ2n) is 9.99. The van der Waals surface area contributed by atoms with E-state index in [0.717, 1.165) is 51.6 Å². The zero-order valence-corrected chi connectivity index (χ0v) is 19.1. The van der Waals surface area contributed by atoms with Gasteiger partial charge in [0, 0.05) is 25.4 Å². The lowest BCUT2D eigenvalue weighted by Gasteiger charge is -2.26. The number of likely N-dealkylation sites (tertiary alicyclic amines) is 1. The first-order chi connectivity index (χ1) is 15.1. The lowest BCUT2D eigenvalue weighted by molar-refractivity contribution is -0.132. The maximum atomic E-state index is 12.4. The number of aliphatic hydroxyl groups excluding tert-OH is 1. The van der Waals surface area contributed by atoms with Gasteiger partial charge < -0.3 is 10.0 Å². The van der Waals surface area contributed by atoms with Crippen molar-refractivity contribution in [3.8, 4) is 0 Å². The molecule has 3 aliphatic rings. The first-order valence-corrected chi connectivity index (χ1v) is 12.5. The largest absolute Gasteiger partial charge is 0.392 e. The van der Waals surface area contributed by atoms with Crippen molar-refractivity contribution in [3.05, 3.63) is 59.2 Å². The van der Waals surface area contributed by atoms with Crippen LogP contribution in [0.5, 0.6) is 0 Å². The third-order valence-electron chi connectivity index (χ3n) is 7.59. The Morgan fingerprint density at radius 1 is 1.19 bits per heavy atom. The summed E-state index contributed by atoms with van der Waals surface area (Å²) in [5.41, 5.74) is 4.22. The quantitative estimate of drug-likeness (QED) is 0.554. The molecule has 1 aromatic rings. The Kier molecular flexibility index (Phi) is 7.66. The number of hydrogen-bond acceptors (Lipinski definition) is 2. The topological polar surface area (TPSA) is 40.5 Å². The van der Waals surface area contributed by atoms with Crippen molar-refractivity contribution in [1.29, 1.82) is 0 Å². The summed E-state index contributed by atoms with van der Waals surface area (Å²) in [5, 5.41) is 10.6. The number of aliphatic hydroxyl groups is 1. The third kappa shape index (κ3) is 5.88. The minimum absolute atomic E-state index is 0.205. The number of carbonyl (C=O) groups is 1. The molecule has 1 N–H and O–H groups in total. The van der Waals surface area contributed by atoms with Crippen LogP contribution in [0.1, 0.15) is 68.9 Å². The molecule has 0 spiro atoms. The Bertz CT molecular complexity index is 805. The molecule has 4 atom stereocenters. The van der Waals surface area contributed by atoms with Crippen LogP contribution < -0.4 is 0 Å². The van der Waals surface area contributed by atoms with Gasteiger partial charge in [0.2, 0.25) is 5.91 Å². The lowest BCUT2D eigenvalue weighted by Crippen LogP contribution is -2.35. The molecule has 1 saturated carbocycles. The zero-order chi connectivity index (χ0) is 21.6. The van der Waals surface area contributed by atoms with Crippen LogP contribution in [-0.2, 0) is 11.2 Å². The highest BCUT2D eigenvalue weighted by Gasteiger charge is 2.43. The SMILES string of the molecule is Cc1cccc(CCC=C[C@@H]2[C@H]3CC(CCCC(=O)N4CCCCC4)=C[C@H]3C[C@H]2O)c1. The molecular formula is C28H39NO2. The second kappa shape index (κ2) is 10.6. The molecule has 0 aromatic heterocycles. The van der Waals surface area contributed by atoms with Crippen molar-refractivity contribution >= 4 is 5.91 Å². The molecule has 1 heterocycles. The standard InChI is InChI=1S/C28H39NO2/c1-21-9-7-11-22(17-21)10-3-4-13-25-26-19-23(18-24(26)20-27(25)30)12-8-14-28(31)29-15-5-2-6-16-29/h4,7,9,11,13,17-18,24-27,30H,2-3,5-6,8,10,12,14-16,19-20H2,1H3/t24-,25+,26-,27+/m0/s1. The van der Waals surface area contributed by atoms with Crippen molar-refractivity contribution in [1.82, 2.24) is 4.90 Å². The minimum Gasteiger partial charge on any atom is -0.392 e. The molecule has 1 aromatic carbocycles. The number of piperidine rings is 1. The molecule has 1 aliphatic heterocycles. The Hall–Kier alpha value is -1.87. The van der Waals surface area contributed by atoms with Gasteiger partial charge in [-0.1, -0.05) is 53.6 Å². The first-order valence-electron chi connectivity index (χ1n) is 12.5. The van der Waals surface area contributed by atoms with E-state index in [2.05, 4.69) is 54.3 Å². The number of benzene rings is 1. The summed E-state index contributed by atoms with van der Waals surface area (Å²) < 4.78 is 0. The third-order valence-corrected chi connectivity index (χ3v) is 7.59. The van der Waals surface area contributed by atoms with E-state index < -0.39 is 0 Å². The predicted octanol–water partition coefficient (Wildman–Crippen LogP) is 5.61. The smallest absolute Gasteiger partial charge is 0.222 e. The van der Waals surface area contributed by atoms with Crippen LogP contribution in [-0.4, -0.2) is 35.1 Å². The van der Waals surface area contributed by atoms with Crippen LogP contribution >= 0.6 is 0 Å². The average Bonchev–Trinajstić information content (AvgIpc) is 3.28. The van der Waals surface area contributed by atoms with Gasteiger partial charge in [-0.05, 0) is 82.1 Å². The number of carbonyl (C=O) groups excluding carboxylic acids is 1. The van der Waals surface area contributed by atoms with Gasteiger partial charge in [-0.25, -0.2) is 0 Å². The summed E-state index contributed by atoms with van der Waals surface area (Å²) in [6, 6.07) is 8.73.